The number of aliphatic carboxylic acids is 1. The van der Waals surface area contributed by atoms with E-state index in [2.05, 4.69) is 5.32 Å². The molecule has 0 aliphatic heterocycles. The molecule has 0 spiro atoms. The van der Waals surface area contributed by atoms with Gasteiger partial charge >= 0.3 is 5.97 Å². The molecule has 0 radical (unpaired) electrons. The molecular formula is C8H14ClNO4. The maximum absolute atomic E-state index is 10.8. The van der Waals surface area contributed by atoms with Crippen molar-refractivity contribution in [3.05, 3.63) is 0 Å². The van der Waals surface area contributed by atoms with Crippen LogP contribution in [0.5, 0.6) is 0 Å². The van der Waals surface area contributed by atoms with E-state index in [0.717, 1.165) is 0 Å². The van der Waals surface area contributed by atoms with E-state index < -0.39 is 11.4 Å². The number of alkyl halides is 1. The van der Waals surface area contributed by atoms with E-state index >= 15 is 0 Å². The molecule has 6 heteroatoms. The highest BCUT2D eigenvalue weighted by Gasteiger charge is 2.27. The lowest BCUT2D eigenvalue weighted by atomic mass is 9.88. The molecule has 82 valence electrons. The Balaban J connectivity index is 4.11. The average Bonchev–Trinajstić information content (AvgIpc) is 2.13. The Morgan fingerprint density at radius 1 is 1.50 bits per heavy atom. The number of aliphatic hydroxyl groups excluding tert-OH is 1. The molecule has 0 bridgehead atoms. The van der Waals surface area contributed by atoms with E-state index in [1.54, 1.807) is 6.92 Å². The van der Waals surface area contributed by atoms with Gasteiger partial charge in [0, 0.05) is 12.0 Å². The van der Waals surface area contributed by atoms with E-state index in [4.69, 9.17) is 21.8 Å². The van der Waals surface area contributed by atoms with E-state index in [1.165, 1.54) is 0 Å². The van der Waals surface area contributed by atoms with E-state index in [1.807, 2.05) is 0 Å². The predicted molar refractivity (Wildman–Crippen MR) is 51.2 cm³/mol. The van der Waals surface area contributed by atoms with Gasteiger partial charge < -0.3 is 15.5 Å². The molecule has 0 aromatic rings. The number of rotatable bonds is 6. The maximum atomic E-state index is 10.8. The number of carbonyl (C=O) groups excluding carboxylic acids is 1. The number of carboxylic acids is 1. The summed E-state index contributed by atoms with van der Waals surface area (Å²) in [4.78, 5) is 21.2. The second-order valence-electron chi connectivity index (χ2n) is 3.45. The SMILES string of the molecule is CC(CO)(CNC(=O)CCl)CC(=O)O. The molecule has 1 amide bonds. The Morgan fingerprint density at radius 3 is 2.43 bits per heavy atom. The van der Waals surface area contributed by atoms with Crippen molar-refractivity contribution in [3.8, 4) is 0 Å². The van der Waals surface area contributed by atoms with Crippen LogP contribution in [-0.2, 0) is 9.59 Å². The summed E-state index contributed by atoms with van der Waals surface area (Å²) >= 11 is 5.24. The van der Waals surface area contributed by atoms with Gasteiger partial charge in [-0.15, -0.1) is 11.6 Å². The van der Waals surface area contributed by atoms with Crippen molar-refractivity contribution >= 4 is 23.5 Å². The first kappa shape index (κ1) is 13.2. The largest absolute Gasteiger partial charge is 0.481 e. The first-order valence-electron chi connectivity index (χ1n) is 4.09. The predicted octanol–water partition coefficient (Wildman–Crippen LogP) is -0.185. The standard InChI is InChI=1S/C8H14ClNO4/c1-8(5-11,2-7(13)14)4-10-6(12)3-9/h11H,2-5H2,1H3,(H,10,12)(H,13,14). The molecule has 0 rings (SSSR count). The Bertz CT molecular complexity index is 221. The number of halogens is 1. The second kappa shape index (κ2) is 5.82. The minimum atomic E-state index is -1.01. The zero-order valence-electron chi connectivity index (χ0n) is 7.92. The van der Waals surface area contributed by atoms with E-state index in [9.17, 15) is 9.59 Å². The molecule has 0 heterocycles. The third-order valence-electron chi connectivity index (χ3n) is 1.79. The van der Waals surface area contributed by atoms with Crippen molar-refractivity contribution in [3.63, 3.8) is 0 Å². The van der Waals surface area contributed by atoms with Gasteiger partial charge in [0.2, 0.25) is 5.91 Å². The lowest BCUT2D eigenvalue weighted by Crippen LogP contribution is -2.40. The Kier molecular flexibility index (Phi) is 5.49. The van der Waals surface area contributed by atoms with Gasteiger partial charge in [0.15, 0.2) is 0 Å². The van der Waals surface area contributed by atoms with Gasteiger partial charge in [-0.1, -0.05) is 6.92 Å². The molecule has 0 saturated carbocycles. The Hall–Kier alpha value is -0.810. The van der Waals surface area contributed by atoms with Gasteiger partial charge in [-0.25, -0.2) is 0 Å². The van der Waals surface area contributed by atoms with Crippen LogP contribution < -0.4 is 5.32 Å². The zero-order chi connectivity index (χ0) is 11.2. The molecule has 0 aromatic carbocycles. The highest BCUT2D eigenvalue weighted by atomic mass is 35.5. The monoisotopic (exact) mass is 223 g/mol. The van der Waals surface area contributed by atoms with Crippen LogP contribution in [0.2, 0.25) is 0 Å². The third kappa shape index (κ3) is 5.04. The summed E-state index contributed by atoms with van der Waals surface area (Å²) in [5.74, 6) is -1.56. The summed E-state index contributed by atoms with van der Waals surface area (Å²) in [5, 5.41) is 20.0. The molecular weight excluding hydrogens is 210 g/mol. The smallest absolute Gasteiger partial charge is 0.304 e. The van der Waals surface area contributed by atoms with Gasteiger partial charge in [0.1, 0.15) is 5.88 Å². The van der Waals surface area contributed by atoms with Gasteiger partial charge in [-0.2, -0.15) is 0 Å². The molecule has 0 fully saturated rings. The lowest BCUT2D eigenvalue weighted by Gasteiger charge is -2.25. The van der Waals surface area contributed by atoms with Crippen LogP contribution >= 0.6 is 11.6 Å². The highest BCUT2D eigenvalue weighted by Crippen LogP contribution is 2.19. The van der Waals surface area contributed by atoms with Gasteiger partial charge in [0.05, 0.1) is 13.0 Å². The van der Waals surface area contributed by atoms with E-state index in [0.29, 0.717) is 0 Å². The Labute approximate surface area is 87.1 Å². The number of hydrogen-bond donors (Lipinski definition) is 3. The van der Waals surface area contributed by atoms with Crippen molar-refractivity contribution in [2.45, 2.75) is 13.3 Å². The van der Waals surface area contributed by atoms with Crippen LogP contribution in [0.15, 0.2) is 0 Å². The number of amides is 1. The van der Waals surface area contributed by atoms with Crippen molar-refractivity contribution in [1.29, 1.82) is 0 Å². The lowest BCUT2D eigenvalue weighted by molar-refractivity contribution is -0.140. The van der Waals surface area contributed by atoms with Crippen LogP contribution in [0.3, 0.4) is 0 Å². The molecule has 0 aliphatic rings. The summed E-state index contributed by atoms with van der Waals surface area (Å²) in [5.41, 5.74) is -0.840. The number of carbonyl (C=O) groups is 2. The van der Waals surface area contributed by atoms with Crippen LogP contribution in [0.1, 0.15) is 13.3 Å². The summed E-state index contributed by atoms with van der Waals surface area (Å²) in [6, 6.07) is 0. The number of nitrogens with one attached hydrogen (secondary N) is 1. The van der Waals surface area contributed by atoms with Crippen LogP contribution in [-0.4, -0.2) is 41.1 Å². The minimum absolute atomic E-state index is 0.0986. The molecule has 14 heavy (non-hydrogen) atoms. The topological polar surface area (TPSA) is 86.6 Å². The Morgan fingerprint density at radius 2 is 2.07 bits per heavy atom. The quantitative estimate of drug-likeness (QED) is 0.545. The molecule has 3 N–H and O–H groups in total. The van der Waals surface area contributed by atoms with Crippen LogP contribution in [0.4, 0.5) is 0 Å². The fourth-order valence-corrected chi connectivity index (χ4v) is 0.993. The average molecular weight is 224 g/mol. The van der Waals surface area contributed by atoms with Crippen LogP contribution in [0.25, 0.3) is 0 Å². The number of carboxylic acid groups (broad SMARTS) is 1. The van der Waals surface area contributed by atoms with Crippen molar-refractivity contribution in [2.75, 3.05) is 19.0 Å². The normalized spacial score (nSPS) is 14.5. The van der Waals surface area contributed by atoms with Gasteiger partial charge in [0.25, 0.3) is 0 Å². The molecule has 0 aromatic heterocycles. The summed E-state index contributed by atoms with van der Waals surface area (Å²) < 4.78 is 0. The molecule has 0 saturated heterocycles. The minimum Gasteiger partial charge on any atom is -0.481 e. The molecule has 1 atom stereocenters. The van der Waals surface area contributed by atoms with E-state index in [-0.39, 0.29) is 31.4 Å². The first-order chi connectivity index (χ1) is 6.43. The summed E-state index contributed by atoms with van der Waals surface area (Å²) in [6.45, 7) is 1.37. The number of hydrogen-bond acceptors (Lipinski definition) is 3. The van der Waals surface area contributed by atoms with Gasteiger partial charge in [-0.05, 0) is 0 Å². The maximum Gasteiger partial charge on any atom is 0.304 e. The fourth-order valence-electron chi connectivity index (χ4n) is 0.899. The van der Waals surface area contributed by atoms with Crippen molar-refractivity contribution in [2.24, 2.45) is 5.41 Å². The van der Waals surface area contributed by atoms with Crippen LogP contribution in [0, 0.1) is 5.41 Å². The third-order valence-corrected chi connectivity index (χ3v) is 2.04. The molecule has 1 unspecified atom stereocenters. The summed E-state index contributed by atoms with van der Waals surface area (Å²) in [7, 11) is 0. The number of aliphatic hydroxyl groups is 1. The van der Waals surface area contributed by atoms with Crippen molar-refractivity contribution in [1.82, 2.24) is 5.32 Å². The second-order valence-corrected chi connectivity index (χ2v) is 3.72. The highest BCUT2D eigenvalue weighted by molar-refractivity contribution is 6.27. The zero-order valence-corrected chi connectivity index (χ0v) is 8.67. The van der Waals surface area contributed by atoms with Gasteiger partial charge in [-0.3, -0.25) is 9.59 Å². The molecule has 5 nitrogen and oxygen atoms in total. The fraction of sp³-hybridized carbons (Fsp3) is 0.750. The molecule has 0 aliphatic carbocycles. The first-order valence-corrected chi connectivity index (χ1v) is 4.62. The van der Waals surface area contributed by atoms with Crippen molar-refractivity contribution < 1.29 is 19.8 Å². The summed E-state index contributed by atoms with van der Waals surface area (Å²) in [6.07, 6.45) is -0.202.